The lowest BCUT2D eigenvalue weighted by Gasteiger charge is -2.19. The smallest absolute Gasteiger partial charge is 0.308 e. The number of rotatable bonds is 6. The maximum Gasteiger partial charge on any atom is 0.308 e. The molecule has 146 valence electrons. The topological polar surface area (TPSA) is 80.3 Å². The molecular weight excluding hydrogens is 362 g/mol. The van der Waals surface area contributed by atoms with E-state index in [-0.39, 0.29) is 18.3 Å². The summed E-state index contributed by atoms with van der Waals surface area (Å²) in [5, 5.41) is 6.62. The van der Waals surface area contributed by atoms with Gasteiger partial charge in [-0.2, -0.15) is 0 Å². The Morgan fingerprint density at radius 1 is 1.19 bits per heavy atom. The lowest BCUT2D eigenvalue weighted by molar-refractivity contribution is -0.154. The Balaban J connectivity index is 1.98. The fraction of sp³-hybridized carbons (Fsp3) is 0.450. The number of ether oxygens (including phenoxy) is 1. The highest BCUT2D eigenvalue weighted by atomic mass is 32.1. The number of thiazole rings is 1. The van der Waals surface area contributed by atoms with Crippen LogP contribution in [0.25, 0.3) is 0 Å². The molecule has 1 amide bonds. The molecule has 0 atom stereocenters. The van der Waals surface area contributed by atoms with Crippen LogP contribution in [0.5, 0.6) is 0 Å². The van der Waals surface area contributed by atoms with Crippen LogP contribution in [0.1, 0.15) is 53.7 Å². The van der Waals surface area contributed by atoms with Crippen molar-refractivity contribution in [1.82, 2.24) is 4.98 Å². The third-order valence-corrected chi connectivity index (χ3v) is 4.80. The molecule has 0 radical (unpaired) electrons. The molecule has 0 saturated heterocycles. The van der Waals surface area contributed by atoms with E-state index in [4.69, 9.17) is 4.74 Å². The maximum absolute atomic E-state index is 12.6. The van der Waals surface area contributed by atoms with E-state index in [0.717, 1.165) is 21.8 Å². The molecule has 2 rings (SSSR count). The number of esters is 1. The van der Waals surface area contributed by atoms with Gasteiger partial charge in [0, 0.05) is 22.7 Å². The summed E-state index contributed by atoms with van der Waals surface area (Å²) >= 11 is 1.46. The highest BCUT2D eigenvalue weighted by Gasteiger charge is 2.16. The Hall–Kier alpha value is -2.41. The Labute approximate surface area is 164 Å². The van der Waals surface area contributed by atoms with Crippen molar-refractivity contribution in [2.45, 2.75) is 53.6 Å². The van der Waals surface area contributed by atoms with Crippen molar-refractivity contribution >= 4 is 34.0 Å². The number of carbonyl (C=O) groups is 2. The molecule has 0 unspecified atom stereocenters. The van der Waals surface area contributed by atoms with E-state index in [1.165, 1.54) is 11.3 Å². The Morgan fingerprint density at radius 3 is 2.48 bits per heavy atom. The van der Waals surface area contributed by atoms with Crippen LogP contribution in [0, 0.1) is 20.8 Å². The molecule has 0 bridgehead atoms. The van der Waals surface area contributed by atoms with Crippen LogP contribution < -0.4 is 10.6 Å². The summed E-state index contributed by atoms with van der Waals surface area (Å²) in [6.45, 7) is 11.7. The molecular formula is C20H27N3O3S. The average Bonchev–Trinajstić information content (AvgIpc) is 2.84. The molecule has 0 saturated carbocycles. The molecule has 0 spiro atoms. The van der Waals surface area contributed by atoms with Gasteiger partial charge in [-0.15, -0.1) is 11.3 Å². The Kier molecular flexibility index (Phi) is 6.59. The highest BCUT2D eigenvalue weighted by Crippen LogP contribution is 2.23. The van der Waals surface area contributed by atoms with Gasteiger partial charge in [0.2, 0.25) is 0 Å². The van der Waals surface area contributed by atoms with Gasteiger partial charge < -0.3 is 10.1 Å². The summed E-state index contributed by atoms with van der Waals surface area (Å²) in [6, 6.07) is 5.55. The monoisotopic (exact) mass is 389 g/mol. The first kappa shape index (κ1) is 20.9. The van der Waals surface area contributed by atoms with Gasteiger partial charge in [0.25, 0.3) is 5.91 Å². The summed E-state index contributed by atoms with van der Waals surface area (Å²) in [5.74, 6) is -0.452. The van der Waals surface area contributed by atoms with E-state index in [2.05, 4.69) is 15.6 Å². The molecule has 27 heavy (non-hydrogen) atoms. The largest absolute Gasteiger partial charge is 0.460 e. The number of nitrogens with zero attached hydrogens (tertiary/aromatic N) is 1. The van der Waals surface area contributed by atoms with Gasteiger partial charge in [0.15, 0.2) is 5.13 Å². The van der Waals surface area contributed by atoms with Crippen molar-refractivity contribution in [2.75, 3.05) is 17.2 Å². The first-order valence-corrected chi connectivity index (χ1v) is 9.68. The highest BCUT2D eigenvalue weighted by molar-refractivity contribution is 7.15. The van der Waals surface area contributed by atoms with E-state index < -0.39 is 5.60 Å². The number of hydrogen-bond acceptors (Lipinski definition) is 6. The summed E-state index contributed by atoms with van der Waals surface area (Å²) in [5.41, 5.74) is 2.65. The number of nitrogens with one attached hydrogen (secondary N) is 2. The minimum absolute atomic E-state index is 0.197. The molecule has 0 aliphatic rings. The molecule has 2 aromatic rings. The normalized spacial score (nSPS) is 11.2. The van der Waals surface area contributed by atoms with Crippen molar-refractivity contribution in [3.63, 3.8) is 0 Å². The Morgan fingerprint density at radius 2 is 1.89 bits per heavy atom. The molecule has 7 heteroatoms. The molecule has 1 aromatic heterocycles. The van der Waals surface area contributed by atoms with E-state index in [1.54, 1.807) is 6.07 Å². The van der Waals surface area contributed by atoms with E-state index in [1.807, 2.05) is 53.7 Å². The molecule has 0 aliphatic carbocycles. The average molecular weight is 390 g/mol. The maximum atomic E-state index is 12.6. The van der Waals surface area contributed by atoms with Crippen molar-refractivity contribution in [1.29, 1.82) is 0 Å². The second-order valence-corrected chi connectivity index (χ2v) is 8.61. The van der Waals surface area contributed by atoms with Gasteiger partial charge in [-0.1, -0.05) is 6.07 Å². The molecule has 2 N–H and O–H groups in total. The minimum atomic E-state index is -0.487. The van der Waals surface area contributed by atoms with Gasteiger partial charge in [-0.3, -0.25) is 14.9 Å². The third kappa shape index (κ3) is 6.36. The SMILES string of the molecule is Cc1ccc(NCCC(=O)OC(C)(C)C)cc1C(=O)Nc1nc(C)c(C)s1. The summed E-state index contributed by atoms with van der Waals surface area (Å²) in [4.78, 5) is 29.8. The van der Waals surface area contributed by atoms with Gasteiger partial charge in [0.05, 0.1) is 12.1 Å². The minimum Gasteiger partial charge on any atom is -0.460 e. The fourth-order valence-corrected chi connectivity index (χ4v) is 3.18. The summed E-state index contributed by atoms with van der Waals surface area (Å²) in [6.07, 6.45) is 0.254. The van der Waals surface area contributed by atoms with E-state index >= 15 is 0 Å². The fourth-order valence-electron chi connectivity index (χ4n) is 2.37. The van der Waals surface area contributed by atoms with Crippen LogP contribution in [0.15, 0.2) is 18.2 Å². The molecule has 6 nitrogen and oxygen atoms in total. The predicted octanol–water partition coefficient (Wildman–Crippen LogP) is 4.46. The van der Waals surface area contributed by atoms with E-state index in [0.29, 0.717) is 17.2 Å². The standard InChI is InChI=1S/C20H27N3O3S/c1-12-7-8-15(21-10-9-17(24)26-20(4,5)6)11-16(12)18(25)23-19-22-13(2)14(3)27-19/h7-8,11,21H,9-10H2,1-6H3,(H,22,23,25). The van der Waals surface area contributed by atoms with Crippen molar-refractivity contribution in [2.24, 2.45) is 0 Å². The zero-order chi connectivity index (χ0) is 20.2. The van der Waals surface area contributed by atoms with E-state index in [9.17, 15) is 9.59 Å². The van der Waals surface area contributed by atoms with Crippen LogP contribution in [0.2, 0.25) is 0 Å². The number of benzene rings is 1. The van der Waals surface area contributed by atoms with Crippen LogP contribution in [-0.2, 0) is 9.53 Å². The Bertz CT molecular complexity index is 818. The zero-order valence-corrected chi connectivity index (χ0v) is 17.5. The lowest BCUT2D eigenvalue weighted by atomic mass is 10.1. The van der Waals surface area contributed by atoms with Crippen molar-refractivity contribution < 1.29 is 14.3 Å². The number of hydrogen-bond donors (Lipinski definition) is 2. The first-order chi connectivity index (χ1) is 12.5. The van der Waals surface area contributed by atoms with Crippen molar-refractivity contribution in [3.8, 4) is 0 Å². The number of aryl methyl sites for hydroxylation is 3. The molecule has 1 aromatic carbocycles. The van der Waals surface area contributed by atoms with Crippen LogP contribution in [0.3, 0.4) is 0 Å². The second kappa shape index (κ2) is 8.52. The lowest BCUT2D eigenvalue weighted by Crippen LogP contribution is -2.25. The van der Waals surface area contributed by atoms with Crippen LogP contribution >= 0.6 is 11.3 Å². The first-order valence-electron chi connectivity index (χ1n) is 8.87. The summed E-state index contributed by atoms with van der Waals surface area (Å²) in [7, 11) is 0. The molecule has 1 heterocycles. The zero-order valence-electron chi connectivity index (χ0n) is 16.7. The molecule has 0 fully saturated rings. The number of anilines is 2. The predicted molar refractivity (Wildman–Crippen MR) is 110 cm³/mol. The molecule has 0 aliphatic heterocycles. The quantitative estimate of drug-likeness (QED) is 0.713. The van der Waals surface area contributed by atoms with Gasteiger partial charge >= 0.3 is 5.97 Å². The van der Waals surface area contributed by atoms with Gasteiger partial charge in [-0.05, 0) is 59.2 Å². The number of amides is 1. The van der Waals surface area contributed by atoms with Crippen molar-refractivity contribution in [3.05, 3.63) is 39.9 Å². The third-order valence-electron chi connectivity index (χ3n) is 3.81. The number of carbonyl (C=O) groups excluding carboxylic acids is 2. The van der Waals surface area contributed by atoms with Crippen LogP contribution in [0.4, 0.5) is 10.8 Å². The van der Waals surface area contributed by atoms with Crippen LogP contribution in [-0.4, -0.2) is 29.0 Å². The second-order valence-electron chi connectivity index (χ2n) is 7.41. The summed E-state index contributed by atoms with van der Waals surface area (Å²) < 4.78 is 5.29. The number of aromatic nitrogens is 1. The van der Waals surface area contributed by atoms with Gasteiger partial charge in [0.1, 0.15) is 5.60 Å². The van der Waals surface area contributed by atoms with Gasteiger partial charge in [-0.25, -0.2) is 4.98 Å².